The molecule has 0 radical (unpaired) electrons. The number of carbonyl (C=O) groups is 1. The van der Waals surface area contributed by atoms with Crippen LogP contribution in [-0.2, 0) is 0 Å². The second-order valence-electron chi connectivity index (χ2n) is 7.94. The number of hydrogen-bond acceptors (Lipinski definition) is 7. The second kappa shape index (κ2) is 9.44. The van der Waals surface area contributed by atoms with Gasteiger partial charge in [0.15, 0.2) is 0 Å². The second-order valence-corrected chi connectivity index (χ2v) is 7.94. The fourth-order valence-electron chi connectivity index (χ4n) is 3.83. The van der Waals surface area contributed by atoms with Crippen molar-refractivity contribution in [2.75, 3.05) is 23.7 Å². The first kappa shape index (κ1) is 21.8. The van der Waals surface area contributed by atoms with Crippen molar-refractivity contribution in [2.24, 2.45) is 0 Å². The molecular weight excluding hydrogens is 440 g/mol. The van der Waals surface area contributed by atoms with Crippen molar-refractivity contribution in [1.29, 1.82) is 0 Å². The lowest BCUT2D eigenvalue weighted by Gasteiger charge is -2.27. The monoisotopic (exact) mass is 461 g/mol. The zero-order valence-corrected chi connectivity index (χ0v) is 18.0. The number of fused-ring (bicyclic) bond motifs is 1. The van der Waals surface area contributed by atoms with Gasteiger partial charge in [-0.1, -0.05) is 18.2 Å². The number of amides is 1. The van der Waals surface area contributed by atoms with Gasteiger partial charge in [0.25, 0.3) is 5.91 Å². The lowest BCUT2D eigenvalue weighted by atomic mass is 10.1. The Hall–Kier alpha value is -4.05. The van der Waals surface area contributed by atoms with Crippen LogP contribution in [0.1, 0.15) is 16.8 Å². The smallest absolute Gasteiger partial charge is 0.256 e. The van der Waals surface area contributed by atoms with Crippen LogP contribution in [0.15, 0.2) is 61.2 Å². The number of piperidine rings is 1. The number of carbonyl (C=O) groups excluding carboxylic acids is 1. The molecule has 0 saturated carbocycles. The number of nitrogens with one attached hydrogen (secondary N) is 3. The predicted octanol–water partition coefficient (Wildman–Crippen LogP) is 3.59. The largest absolute Gasteiger partial charge is 0.363 e. The van der Waals surface area contributed by atoms with E-state index in [1.807, 2.05) is 6.07 Å². The molecule has 1 aliphatic rings. The highest BCUT2D eigenvalue weighted by molar-refractivity contribution is 6.04. The van der Waals surface area contributed by atoms with Gasteiger partial charge in [0.05, 0.1) is 41.4 Å². The normalized spacial score (nSPS) is 17.9. The summed E-state index contributed by atoms with van der Waals surface area (Å²) in [5, 5.41) is 8.90. The minimum absolute atomic E-state index is 0.136. The van der Waals surface area contributed by atoms with Gasteiger partial charge in [0.2, 0.25) is 0 Å². The summed E-state index contributed by atoms with van der Waals surface area (Å²) in [6.45, 7) is 0.969. The third kappa shape index (κ3) is 4.53. The molecule has 1 aromatic carbocycles. The molecule has 8 nitrogen and oxygen atoms in total. The van der Waals surface area contributed by atoms with E-state index in [-0.39, 0.29) is 34.9 Å². The Kier molecular flexibility index (Phi) is 6.05. The molecule has 34 heavy (non-hydrogen) atoms. The van der Waals surface area contributed by atoms with Crippen LogP contribution in [0.25, 0.3) is 22.2 Å². The van der Waals surface area contributed by atoms with E-state index in [0.29, 0.717) is 29.9 Å². The standard InChI is InChI=1S/C24H21F2N7O/c25-17-10-27-7-6-18(17)31-22-13-28-11-20(32-22)16-9-29-19-12-30-21(8-15(19)23(16)26)33-24(34)14-4-2-1-3-5-14/h1-5,8-9,11-13,17-18,27H,6-7,10H2,(H,31,32)(H,30,33,34)/t17-,18-/m0/s1. The van der Waals surface area contributed by atoms with Crippen LogP contribution in [0.3, 0.4) is 0 Å². The number of halogens is 2. The minimum Gasteiger partial charge on any atom is -0.363 e. The van der Waals surface area contributed by atoms with Gasteiger partial charge < -0.3 is 16.0 Å². The average molecular weight is 461 g/mol. The summed E-state index contributed by atoms with van der Waals surface area (Å²) in [6.07, 6.45) is 5.19. The summed E-state index contributed by atoms with van der Waals surface area (Å²) in [5.74, 6) is -0.373. The maximum Gasteiger partial charge on any atom is 0.256 e. The third-order valence-corrected chi connectivity index (χ3v) is 5.62. The molecule has 172 valence electrons. The van der Waals surface area contributed by atoms with Crippen LogP contribution < -0.4 is 16.0 Å². The molecule has 0 aliphatic carbocycles. The first-order valence-electron chi connectivity index (χ1n) is 10.8. The lowest BCUT2D eigenvalue weighted by molar-refractivity contribution is 0.102. The SMILES string of the molecule is O=C(Nc1cc2c(F)c(-c3cncc(N[C@H]4CCNC[C@@H]4F)n3)cnc2cn1)c1ccccc1. The van der Waals surface area contributed by atoms with E-state index in [1.165, 1.54) is 30.9 Å². The van der Waals surface area contributed by atoms with E-state index >= 15 is 4.39 Å². The molecule has 4 heterocycles. The summed E-state index contributed by atoms with van der Waals surface area (Å²) in [7, 11) is 0. The molecule has 5 rings (SSSR count). The molecule has 1 fully saturated rings. The van der Waals surface area contributed by atoms with Crippen LogP contribution in [-0.4, -0.2) is 51.1 Å². The third-order valence-electron chi connectivity index (χ3n) is 5.62. The highest BCUT2D eigenvalue weighted by Gasteiger charge is 2.25. The highest BCUT2D eigenvalue weighted by Crippen LogP contribution is 2.28. The van der Waals surface area contributed by atoms with E-state index < -0.39 is 18.0 Å². The topological polar surface area (TPSA) is 105 Å². The van der Waals surface area contributed by atoms with Crippen molar-refractivity contribution in [3.05, 3.63) is 72.6 Å². The van der Waals surface area contributed by atoms with Gasteiger partial charge in [-0.2, -0.15) is 0 Å². The molecule has 3 N–H and O–H groups in total. The summed E-state index contributed by atoms with van der Waals surface area (Å²) in [5.41, 5.74) is 1.18. The van der Waals surface area contributed by atoms with Gasteiger partial charge in [0, 0.05) is 23.7 Å². The number of aromatic nitrogens is 4. The maximum absolute atomic E-state index is 15.5. The van der Waals surface area contributed by atoms with Gasteiger partial charge in [-0.3, -0.25) is 14.8 Å². The first-order chi connectivity index (χ1) is 16.6. The molecule has 0 bridgehead atoms. The van der Waals surface area contributed by atoms with Crippen molar-refractivity contribution < 1.29 is 13.6 Å². The van der Waals surface area contributed by atoms with Crippen LogP contribution in [0.5, 0.6) is 0 Å². The lowest BCUT2D eigenvalue weighted by Crippen LogP contribution is -2.45. The van der Waals surface area contributed by atoms with E-state index in [4.69, 9.17) is 0 Å². The summed E-state index contributed by atoms with van der Waals surface area (Å²) < 4.78 is 29.7. The number of rotatable bonds is 5. The molecule has 3 aromatic heterocycles. The van der Waals surface area contributed by atoms with Crippen molar-refractivity contribution >= 4 is 28.4 Å². The Morgan fingerprint density at radius 3 is 2.74 bits per heavy atom. The minimum atomic E-state index is -1.06. The zero-order valence-electron chi connectivity index (χ0n) is 18.0. The van der Waals surface area contributed by atoms with Gasteiger partial charge in [-0.05, 0) is 31.2 Å². The quantitative estimate of drug-likeness (QED) is 0.417. The fourth-order valence-corrected chi connectivity index (χ4v) is 3.83. The van der Waals surface area contributed by atoms with E-state index in [0.717, 1.165) is 0 Å². The van der Waals surface area contributed by atoms with Crippen molar-refractivity contribution in [1.82, 2.24) is 25.3 Å². The fraction of sp³-hybridized carbons (Fsp3) is 0.208. The number of hydrogen-bond donors (Lipinski definition) is 3. The van der Waals surface area contributed by atoms with Crippen molar-refractivity contribution in [2.45, 2.75) is 18.6 Å². The predicted molar refractivity (Wildman–Crippen MR) is 125 cm³/mol. The molecule has 0 spiro atoms. The maximum atomic E-state index is 15.5. The van der Waals surface area contributed by atoms with E-state index in [2.05, 4.69) is 35.9 Å². The first-order valence-corrected chi connectivity index (χ1v) is 10.8. The van der Waals surface area contributed by atoms with Crippen LogP contribution in [0.2, 0.25) is 0 Å². The number of benzene rings is 1. The summed E-state index contributed by atoms with van der Waals surface area (Å²) in [6, 6.07) is 9.69. The summed E-state index contributed by atoms with van der Waals surface area (Å²) in [4.78, 5) is 29.4. The molecular formula is C24H21F2N7O. The molecule has 1 saturated heterocycles. The molecule has 0 unspecified atom stereocenters. The van der Waals surface area contributed by atoms with Gasteiger partial charge in [0.1, 0.15) is 23.6 Å². The Balaban J connectivity index is 1.43. The Morgan fingerprint density at radius 1 is 1.06 bits per heavy atom. The average Bonchev–Trinajstić information content (AvgIpc) is 2.87. The van der Waals surface area contributed by atoms with E-state index in [9.17, 15) is 9.18 Å². The number of pyridine rings is 2. The molecule has 2 atom stereocenters. The Bertz CT molecular complexity index is 1340. The number of nitrogens with zero attached hydrogens (tertiary/aromatic N) is 4. The number of anilines is 2. The van der Waals surface area contributed by atoms with Crippen molar-refractivity contribution in [3.8, 4) is 11.3 Å². The highest BCUT2D eigenvalue weighted by atomic mass is 19.1. The number of alkyl halides is 1. The van der Waals surface area contributed by atoms with Crippen LogP contribution in [0, 0.1) is 5.82 Å². The summed E-state index contributed by atoms with van der Waals surface area (Å²) >= 11 is 0. The van der Waals surface area contributed by atoms with Gasteiger partial charge >= 0.3 is 0 Å². The van der Waals surface area contributed by atoms with Crippen molar-refractivity contribution in [3.63, 3.8) is 0 Å². The molecule has 4 aromatic rings. The Morgan fingerprint density at radius 2 is 1.91 bits per heavy atom. The van der Waals surface area contributed by atoms with Gasteiger partial charge in [-0.15, -0.1) is 0 Å². The molecule has 1 amide bonds. The van der Waals surface area contributed by atoms with Gasteiger partial charge in [-0.25, -0.2) is 18.7 Å². The zero-order chi connectivity index (χ0) is 23.5. The molecule has 1 aliphatic heterocycles. The van der Waals surface area contributed by atoms with E-state index in [1.54, 1.807) is 24.3 Å². The molecule has 10 heteroatoms. The van der Waals surface area contributed by atoms with Crippen LogP contribution >= 0.6 is 0 Å². The van der Waals surface area contributed by atoms with Crippen LogP contribution in [0.4, 0.5) is 20.4 Å². The Labute approximate surface area is 193 Å².